The number of aliphatic hydroxyl groups excluding tert-OH is 1. The molecule has 4 aliphatic carbocycles. The molecule has 0 amide bonds. The van der Waals surface area contributed by atoms with E-state index in [0.29, 0.717) is 10.8 Å². The van der Waals surface area contributed by atoms with Gasteiger partial charge in [0.2, 0.25) is 0 Å². The van der Waals surface area contributed by atoms with Gasteiger partial charge in [-0.15, -0.1) is 0 Å². The van der Waals surface area contributed by atoms with Gasteiger partial charge in [0.05, 0.1) is 6.10 Å². The Morgan fingerprint density at radius 1 is 1.09 bits per heavy atom. The number of rotatable bonds is 1. The van der Waals surface area contributed by atoms with E-state index >= 15 is 0 Å². The smallest absolute Gasteiger partial charge is 0.0577 e. The maximum absolute atomic E-state index is 10.1. The normalized spacial score (nSPS) is 48.1. The summed E-state index contributed by atoms with van der Waals surface area (Å²) in [6.45, 7) is 9.05. The first-order chi connectivity index (χ1) is 10.5. The van der Waals surface area contributed by atoms with Gasteiger partial charge in [0, 0.05) is 44.1 Å². The molecule has 4 rings (SSSR count). The van der Waals surface area contributed by atoms with Crippen LogP contribution in [-0.4, -0.2) is 11.2 Å². The summed E-state index contributed by atoms with van der Waals surface area (Å²) in [7, 11) is 0. The molecule has 0 saturated heterocycles. The van der Waals surface area contributed by atoms with E-state index in [1.807, 2.05) is 0 Å². The van der Waals surface area contributed by atoms with Crippen LogP contribution in [0.25, 0.3) is 0 Å². The number of allylic oxidation sites excluding steroid dienone is 4. The molecule has 2 fully saturated rings. The van der Waals surface area contributed by atoms with Crippen molar-refractivity contribution in [2.24, 2.45) is 28.6 Å². The molecular weight excluding hydrogens is 495 g/mol. The van der Waals surface area contributed by atoms with Crippen molar-refractivity contribution in [1.82, 2.24) is 0 Å². The predicted molar refractivity (Wildman–Crippen MR) is 91.4 cm³/mol. The van der Waals surface area contributed by atoms with Gasteiger partial charge in [-0.25, -0.2) is 0 Å². The monoisotopic (exact) mass is 525 g/mol. The van der Waals surface area contributed by atoms with E-state index in [-0.39, 0.29) is 50.2 Å². The summed E-state index contributed by atoms with van der Waals surface area (Å²) in [5.74, 6) is 2.47. The van der Waals surface area contributed by atoms with Gasteiger partial charge in [-0.2, -0.15) is 0 Å². The molecule has 5 unspecified atom stereocenters. The van der Waals surface area contributed by atoms with Gasteiger partial charge in [0.25, 0.3) is 0 Å². The van der Waals surface area contributed by atoms with E-state index in [0.717, 1.165) is 30.6 Å². The zero-order valence-corrected chi connectivity index (χ0v) is 19.5. The van der Waals surface area contributed by atoms with Crippen LogP contribution < -0.4 is 0 Å². The van der Waals surface area contributed by atoms with Crippen LogP contribution in [0.5, 0.6) is 0 Å². The minimum absolute atomic E-state index is 0. The van der Waals surface area contributed by atoms with Crippen LogP contribution in [-0.2, 0) is 0 Å². The maximum atomic E-state index is 10.1. The molecule has 1 N–H and O–H groups in total. The largest absolute Gasteiger partial charge is 0.393 e. The Kier molecular flexibility index (Phi) is 5.13. The van der Waals surface area contributed by atoms with E-state index in [1.165, 1.54) is 37.7 Å². The molecule has 123 valence electrons. The summed E-state index contributed by atoms with van der Waals surface area (Å²) in [5.41, 5.74) is 3.82. The maximum Gasteiger partial charge on any atom is 0.0577 e. The average Bonchev–Trinajstić information content (AvgIpc) is 2.84. The molecule has 23 heavy (non-hydrogen) atoms. The Balaban J connectivity index is 0.00000156. The Labute approximate surface area is 177 Å². The number of hydrogen-bond acceptors (Lipinski definition) is 1. The summed E-state index contributed by atoms with van der Waals surface area (Å²) in [6, 6.07) is 0. The van der Waals surface area contributed by atoms with Crippen molar-refractivity contribution in [3.05, 3.63) is 36.0 Å². The summed E-state index contributed by atoms with van der Waals surface area (Å²) < 4.78 is 0. The second kappa shape index (κ2) is 6.41. The molecule has 1 radical (unpaired) electrons. The Morgan fingerprint density at radius 3 is 2.57 bits per heavy atom. The number of hydrogen-bond donors (Lipinski definition) is 1. The molecule has 0 aliphatic heterocycles. The minimum Gasteiger partial charge on any atom is -0.393 e. The van der Waals surface area contributed by atoms with E-state index < -0.39 is 0 Å². The Morgan fingerprint density at radius 2 is 1.83 bits per heavy atom. The van der Waals surface area contributed by atoms with Crippen LogP contribution in [0.2, 0.25) is 0 Å². The van der Waals surface area contributed by atoms with Gasteiger partial charge in [-0.05, 0) is 79.1 Å². The van der Waals surface area contributed by atoms with Crippen LogP contribution in [0.1, 0.15) is 58.8 Å². The Bertz CT molecular complexity index is 562. The molecule has 2 heteroatoms. The van der Waals surface area contributed by atoms with Gasteiger partial charge in [0.15, 0.2) is 0 Å². The van der Waals surface area contributed by atoms with Crippen molar-refractivity contribution in [1.29, 1.82) is 0 Å². The molecule has 0 aromatic heterocycles. The first-order valence-corrected chi connectivity index (χ1v) is 9.19. The van der Waals surface area contributed by atoms with Gasteiger partial charge in [-0.3, -0.25) is 0 Å². The third kappa shape index (κ3) is 2.62. The molecule has 0 aromatic carbocycles. The Hall–Kier alpha value is 0.622. The van der Waals surface area contributed by atoms with E-state index in [4.69, 9.17) is 0 Å². The average molecular weight is 525 g/mol. The quantitative estimate of drug-likeness (QED) is 0.477. The zero-order chi connectivity index (χ0) is 15.5. The van der Waals surface area contributed by atoms with Crippen LogP contribution in [0.15, 0.2) is 36.0 Å². The second-order valence-electron chi connectivity index (χ2n) is 8.71. The standard InChI is InChI=1S/C21H30O.Ac/c1-4-14-6-8-18-17-7-5-15-13-16(22)9-11-21(15,3)19(17)10-12-20(14,18)2;/h4-6,16-19,22H,1,7-13H2,2-3H3;/t16?,17?,18?,19?,20?,21-;/m0./s1. The zero-order valence-electron chi connectivity index (χ0n) is 14.7. The third-order valence-electron chi connectivity index (χ3n) is 7.94. The van der Waals surface area contributed by atoms with Crippen LogP contribution in [0.3, 0.4) is 0 Å². The number of fused-ring (bicyclic) bond motifs is 5. The van der Waals surface area contributed by atoms with Crippen molar-refractivity contribution in [2.75, 3.05) is 0 Å². The third-order valence-corrected chi connectivity index (χ3v) is 7.94. The van der Waals surface area contributed by atoms with Gasteiger partial charge < -0.3 is 5.11 Å². The summed E-state index contributed by atoms with van der Waals surface area (Å²) >= 11 is 0. The number of aliphatic hydroxyl groups is 1. The fourth-order valence-electron chi connectivity index (χ4n) is 6.56. The summed E-state index contributed by atoms with van der Waals surface area (Å²) in [5, 5.41) is 10.1. The first-order valence-electron chi connectivity index (χ1n) is 9.19. The minimum atomic E-state index is -0.0924. The van der Waals surface area contributed by atoms with E-state index in [2.05, 4.69) is 38.7 Å². The van der Waals surface area contributed by atoms with Gasteiger partial charge >= 0.3 is 0 Å². The molecule has 6 atom stereocenters. The van der Waals surface area contributed by atoms with Gasteiger partial charge in [-0.1, -0.05) is 44.2 Å². The van der Waals surface area contributed by atoms with Crippen LogP contribution in [0.4, 0.5) is 0 Å². The topological polar surface area (TPSA) is 20.2 Å². The van der Waals surface area contributed by atoms with Crippen molar-refractivity contribution in [3.8, 4) is 0 Å². The molecule has 0 heterocycles. The SMILES string of the molecule is C=CC1=CCC2C3CC=C4CC(O)CC[C@]4(C)C3CCC12C.[Ac]. The molecule has 0 spiro atoms. The van der Waals surface area contributed by atoms with Crippen molar-refractivity contribution >= 4 is 0 Å². The second-order valence-corrected chi connectivity index (χ2v) is 8.71. The fraction of sp³-hybridized carbons (Fsp3) is 0.714. The molecular formula is C21H30AcO. The fourth-order valence-corrected chi connectivity index (χ4v) is 6.56. The van der Waals surface area contributed by atoms with E-state index in [9.17, 15) is 5.11 Å². The summed E-state index contributed by atoms with van der Waals surface area (Å²) in [4.78, 5) is 0. The molecule has 0 aromatic rings. The van der Waals surface area contributed by atoms with E-state index in [1.54, 1.807) is 5.57 Å². The molecule has 1 nitrogen and oxygen atoms in total. The summed E-state index contributed by atoms with van der Waals surface area (Å²) in [6.07, 6.45) is 15.3. The van der Waals surface area contributed by atoms with Crippen molar-refractivity contribution < 1.29 is 49.2 Å². The first kappa shape index (κ1) is 18.4. The molecule has 0 bridgehead atoms. The van der Waals surface area contributed by atoms with Crippen molar-refractivity contribution in [2.45, 2.75) is 64.9 Å². The van der Waals surface area contributed by atoms with Crippen molar-refractivity contribution in [3.63, 3.8) is 0 Å². The van der Waals surface area contributed by atoms with Crippen LogP contribution in [0, 0.1) is 72.6 Å². The van der Waals surface area contributed by atoms with Gasteiger partial charge in [0.1, 0.15) is 0 Å². The molecule has 4 aliphatic rings. The molecule has 2 saturated carbocycles. The predicted octanol–water partition coefficient (Wildman–Crippen LogP) is 5.03. The van der Waals surface area contributed by atoms with Crippen LogP contribution >= 0.6 is 0 Å².